The highest BCUT2D eigenvalue weighted by molar-refractivity contribution is 7.15. The number of aryl methyl sites for hydroxylation is 1. The predicted molar refractivity (Wildman–Crippen MR) is 108 cm³/mol. The van der Waals surface area contributed by atoms with Crippen molar-refractivity contribution < 1.29 is 14.3 Å². The molecule has 0 saturated heterocycles. The Bertz CT molecular complexity index is 942. The number of carbonyl (C=O) groups excluding carboxylic acids is 2. The maximum atomic E-state index is 12.5. The van der Waals surface area contributed by atoms with Crippen LogP contribution in [-0.2, 0) is 9.53 Å². The second-order valence-electron chi connectivity index (χ2n) is 5.96. The summed E-state index contributed by atoms with van der Waals surface area (Å²) in [6, 6.07) is 15.4. The van der Waals surface area contributed by atoms with Crippen molar-refractivity contribution in [3.63, 3.8) is 0 Å². The molecule has 0 aliphatic carbocycles. The minimum absolute atomic E-state index is 0.198. The molecule has 0 fully saturated rings. The molecule has 3 aromatic rings. The largest absolute Gasteiger partial charge is 0.464 e. The van der Waals surface area contributed by atoms with Crippen molar-refractivity contribution in [2.24, 2.45) is 0 Å². The lowest BCUT2D eigenvalue weighted by Crippen LogP contribution is -2.35. The number of aromatic nitrogens is 2. The molecule has 0 aliphatic heterocycles. The van der Waals surface area contributed by atoms with Gasteiger partial charge in [-0.2, -0.15) is 0 Å². The Labute approximate surface area is 166 Å². The lowest BCUT2D eigenvalue weighted by atomic mass is 10.2. The number of nitrogens with zero attached hydrogens (tertiary/aromatic N) is 2. The van der Waals surface area contributed by atoms with Crippen LogP contribution in [0.3, 0.4) is 0 Å². The fourth-order valence-electron chi connectivity index (χ4n) is 2.41. The molecular weight excluding hydrogens is 376 g/mol. The number of nitrogens with one attached hydrogen (secondary N) is 2. The minimum Gasteiger partial charge on any atom is -0.464 e. The summed E-state index contributed by atoms with van der Waals surface area (Å²) < 4.78 is 5.10. The van der Waals surface area contributed by atoms with Crippen LogP contribution in [0.4, 0.5) is 10.8 Å². The molecule has 0 radical (unpaired) electrons. The van der Waals surface area contributed by atoms with Gasteiger partial charge in [0.2, 0.25) is 5.13 Å². The SMILES string of the molecule is CCOC(=O)[C@H](NC(=O)c1ccccc1)c1nnc(Nc2ccc(C)cc2)s1. The van der Waals surface area contributed by atoms with Crippen molar-refractivity contribution in [3.8, 4) is 0 Å². The Morgan fingerprint density at radius 2 is 1.79 bits per heavy atom. The smallest absolute Gasteiger partial charge is 0.335 e. The number of ether oxygens (including phenoxy) is 1. The molecule has 144 valence electrons. The number of hydrogen-bond donors (Lipinski definition) is 2. The lowest BCUT2D eigenvalue weighted by Gasteiger charge is -2.14. The zero-order valence-electron chi connectivity index (χ0n) is 15.5. The second-order valence-corrected chi connectivity index (χ2v) is 6.97. The standard InChI is InChI=1S/C20H20N4O3S/c1-3-27-19(26)16(22-17(25)14-7-5-4-6-8-14)18-23-24-20(28-18)21-15-11-9-13(2)10-12-15/h4-12,16H,3H2,1-2H3,(H,21,24)(H,22,25)/t16-/m1/s1. The summed E-state index contributed by atoms with van der Waals surface area (Å²) in [5, 5.41) is 14.8. The zero-order valence-corrected chi connectivity index (χ0v) is 16.3. The Kier molecular flexibility index (Phi) is 6.33. The topological polar surface area (TPSA) is 93.2 Å². The van der Waals surface area contributed by atoms with Crippen LogP contribution in [0.25, 0.3) is 0 Å². The zero-order chi connectivity index (χ0) is 19.9. The third kappa shape index (κ3) is 4.92. The van der Waals surface area contributed by atoms with Crippen LogP contribution in [0.5, 0.6) is 0 Å². The second kappa shape index (κ2) is 9.09. The van der Waals surface area contributed by atoms with Crippen molar-refractivity contribution >= 4 is 34.0 Å². The first-order chi connectivity index (χ1) is 13.6. The van der Waals surface area contributed by atoms with Gasteiger partial charge in [-0.15, -0.1) is 10.2 Å². The molecule has 8 heteroatoms. The van der Waals surface area contributed by atoms with Crippen molar-refractivity contribution in [2.75, 3.05) is 11.9 Å². The number of amides is 1. The Hall–Kier alpha value is -3.26. The van der Waals surface area contributed by atoms with Gasteiger partial charge >= 0.3 is 5.97 Å². The van der Waals surface area contributed by atoms with E-state index in [1.54, 1.807) is 31.2 Å². The van der Waals surface area contributed by atoms with Gasteiger partial charge in [-0.05, 0) is 38.1 Å². The number of hydrogen-bond acceptors (Lipinski definition) is 7. The average Bonchev–Trinajstić information content (AvgIpc) is 3.16. The summed E-state index contributed by atoms with van der Waals surface area (Å²) >= 11 is 1.18. The third-order valence-electron chi connectivity index (χ3n) is 3.82. The molecule has 0 spiro atoms. The molecule has 1 amide bonds. The van der Waals surface area contributed by atoms with E-state index in [1.165, 1.54) is 11.3 Å². The van der Waals surface area contributed by atoms with E-state index < -0.39 is 12.0 Å². The summed E-state index contributed by atoms with van der Waals surface area (Å²) in [4.78, 5) is 24.9. The van der Waals surface area contributed by atoms with Crippen LogP contribution in [0, 0.1) is 6.92 Å². The van der Waals surface area contributed by atoms with Crippen LogP contribution in [-0.4, -0.2) is 28.7 Å². The first-order valence-electron chi connectivity index (χ1n) is 8.76. The van der Waals surface area contributed by atoms with Crippen molar-refractivity contribution in [1.29, 1.82) is 0 Å². The fourth-order valence-corrected chi connectivity index (χ4v) is 3.22. The van der Waals surface area contributed by atoms with Gasteiger partial charge in [-0.3, -0.25) is 4.79 Å². The minimum atomic E-state index is -1.03. The molecule has 1 atom stereocenters. The highest BCUT2D eigenvalue weighted by atomic mass is 32.1. The number of anilines is 2. The molecule has 0 aliphatic rings. The molecule has 7 nitrogen and oxygen atoms in total. The quantitative estimate of drug-likeness (QED) is 0.593. The van der Waals surface area contributed by atoms with Gasteiger partial charge in [-0.1, -0.05) is 47.2 Å². The maximum Gasteiger partial charge on any atom is 0.335 e. The van der Waals surface area contributed by atoms with Gasteiger partial charge < -0.3 is 15.4 Å². The summed E-state index contributed by atoms with van der Waals surface area (Å²) in [5.74, 6) is -0.966. The monoisotopic (exact) mass is 396 g/mol. The molecular formula is C20H20N4O3S. The normalized spacial score (nSPS) is 11.5. The molecule has 2 N–H and O–H groups in total. The van der Waals surface area contributed by atoms with Crippen molar-refractivity contribution in [1.82, 2.24) is 15.5 Å². The van der Waals surface area contributed by atoms with Crippen LogP contribution in [0.1, 0.15) is 33.9 Å². The molecule has 28 heavy (non-hydrogen) atoms. The van der Waals surface area contributed by atoms with E-state index in [2.05, 4.69) is 20.8 Å². The highest BCUT2D eigenvalue weighted by Crippen LogP contribution is 2.26. The fraction of sp³-hybridized carbons (Fsp3) is 0.200. The van der Waals surface area contributed by atoms with Crippen molar-refractivity contribution in [3.05, 3.63) is 70.7 Å². The number of rotatable bonds is 7. The molecule has 0 unspecified atom stereocenters. The summed E-state index contributed by atoms with van der Waals surface area (Å²) in [6.07, 6.45) is 0. The van der Waals surface area contributed by atoms with Gasteiger partial charge in [0.05, 0.1) is 6.61 Å². The van der Waals surface area contributed by atoms with E-state index in [4.69, 9.17) is 4.74 Å². The Morgan fingerprint density at radius 1 is 1.07 bits per heavy atom. The van der Waals surface area contributed by atoms with Gasteiger partial charge in [0.15, 0.2) is 11.0 Å². The molecule has 2 aromatic carbocycles. The average molecular weight is 396 g/mol. The van der Waals surface area contributed by atoms with E-state index >= 15 is 0 Å². The van der Waals surface area contributed by atoms with Gasteiger partial charge in [-0.25, -0.2) is 4.79 Å². The van der Waals surface area contributed by atoms with Gasteiger partial charge in [0.1, 0.15) is 0 Å². The lowest BCUT2D eigenvalue weighted by molar-refractivity contribution is -0.145. The molecule has 0 saturated carbocycles. The third-order valence-corrected chi connectivity index (χ3v) is 4.73. The van der Waals surface area contributed by atoms with Gasteiger partial charge in [0.25, 0.3) is 5.91 Å². The molecule has 1 aromatic heterocycles. The van der Waals surface area contributed by atoms with Crippen LogP contribution >= 0.6 is 11.3 Å². The van der Waals surface area contributed by atoms with Crippen LogP contribution < -0.4 is 10.6 Å². The summed E-state index contributed by atoms with van der Waals surface area (Å²) in [7, 11) is 0. The van der Waals surface area contributed by atoms with E-state index in [1.807, 2.05) is 37.3 Å². The predicted octanol–water partition coefficient (Wildman–Crippen LogP) is 3.62. The Morgan fingerprint density at radius 3 is 2.46 bits per heavy atom. The Balaban J connectivity index is 1.78. The van der Waals surface area contributed by atoms with Gasteiger partial charge in [0, 0.05) is 11.3 Å². The van der Waals surface area contributed by atoms with E-state index in [0.29, 0.717) is 15.7 Å². The van der Waals surface area contributed by atoms with Crippen LogP contribution in [0.2, 0.25) is 0 Å². The first-order valence-corrected chi connectivity index (χ1v) is 9.58. The number of benzene rings is 2. The van der Waals surface area contributed by atoms with Crippen LogP contribution in [0.15, 0.2) is 54.6 Å². The van der Waals surface area contributed by atoms with E-state index in [-0.39, 0.29) is 12.5 Å². The number of esters is 1. The maximum absolute atomic E-state index is 12.5. The summed E-state index contributed by atoms with van der Waals surface area (Å²) in [6.45, 7) is 3.91. The highest BCUT2D eigenvalue weighted by Gasteiger charge is 2.28. The summed E-state index contributed by atoms with van der Waals surface area (Å²) in [5.41, 5.74) is 2.45. The molecule has 0 bridgehead atoms. The van der Waals surface area contributed by atoms with Crippen molar-refractivity contribution in [2.45, 2.75) is 19.9 Å². The van der Waals surface area contributed by atoms with E-state index in [9.17, 15) is 9.59 Å². The molecule has 3 rings (SSSR count). The number of carbonyl (C=O) groups is 2. The molecule has 1 heterocycles. The van der Waals surface area contributed by atoms with E-state index in [0.717, 1.165) is 11.3 Å². The first kappa shape index (κ1) is 19.5.